The van der Waals surface area contributed by atoms with Gasteiger partial charge < -0.3 is 27.4 Å². The SMILES string of the molecule is c1ccc(-c2cc3c(cc2N(c2cccc4c2oc2ccccc24)c2ccc4c5cc6c(cc5n5c7ccccc7c2c45)c2ccc(N(c4cc5c(cc4-c4ccccc4)CCCC5)c4cccc5c4oc4ccccc45)c4c5ccccc5n6c24)CCCC3)cc1. The Morgan fingerprint density at radius 3 is 1.09 bits per heavy atom. The molecule has 0 radical (unpaired) electrons. The summed E-state index contributed by atoms with van der Waals surface area (Å²) in [5.41, 5.74) is 27.9. The molecule has 0 spiro atoms. The smallest absolute Gasteiger partial charge is 0.159 e. The predicted molar refractivity (Wildman–Crippen MR) is 384 cm³/mol. The molecule has 0 amide bonds. The quantitative estimate of drug-likeness (QED) is 0.152. The van der Waals surface area contributed by atoms with Crippen LogP contribution in [-0.2, 0) is 25.7 Å². The maximum atomic E-state index is 7.06. The van der Waals surface area contributed by atoms with Crippen molar-refractivity contribution in [2.75, 3.05) is 9.80 Å². The topological polar surface area (TPSA) is 41.6 Å². The molecule has 2 aliphatic carbocycles. The molecule has 0 aliphatic heterocycles. The van der Waals surface area contributed by atoms with Crippen LogP contribution in [0.2, 0.25) is 0 Å². The molecular formula is C86H58N4O2. The van der Waals surface area contributed by atoms with Gasteiger partial charge in [0.1, 0.15) is 11.2 Å². The number of fused-ring (bicyclic) bond motifs is 20. The van der Waals surface area contributed by atoms with E-state index in [-0.39, 0.29) is 0 Å². The summed E-state index contributed by atoms with van der Waals surface area (Å²) >= 11 is 0. The number of rotatable bonds is 8. The molecule has 0 bridgehead atoms. The molecule has 92 heavy (non-hydrogen) atoms. The standard InChI is InChI=1S/C86H58N4O2/c1-3-21-51(22-4-1)65-45-53-25-7-9-27-55(53)47-75(65)87(73-37-19-33-61-57-29-13-17-39-79(57)91-85(61)73)71-43-41-59-67-49-78-68(50-77(67)89-69-35-15-11-31-63(69)81(71)83(59)89)60-42-44-72(82-64-32-12-16-36-70(64)90(78)84(60)82)88(74-38-20-34-62-58-30-14-18-40-80(58)92-86(62)74)76-48-56-28-10-8-26-54(56)46-66(76)52-23-5-2-6-24-52/h1-6,11-24,29-50H,7-10,25-28H2. The van der Waals surface area contributed by atoms with Gasteiger partial charge in [0, 0.05) is 75.8 Å². The van der Waals surface area contributed by atoms with Crippen molar-refractivity contribution in [3.8, 4) is 22.3 Å². The molecular weight excluding hydrogens is 1120 g/mol. The molecule has 6 heterocycles. The normalized spacial score (nSPS) is 13.7. The second-order valence-electron chi connectivity index (χ2n) is 25.9. The highest BCUT2D eigenvalue weighted by molar-refractivity contribution is 6.33. The van der Waals surface area contributed by atoms with Crippen LogP contribution in [0.5, 0.6) is 0 Å². The minimum atomic E-state index is 0.877. The Balaban J connectivity index is 0.846. The Morgan fingerprint density at radius 1 is 0.261 bits per heavy atom. The highest BCUT2D eigenvalue weighted by Gasteiger charge is 2.33. The van der Waals surface area contributed by atoms with Crippen LogP contribution in [0.4, 0.5) is 34.1 Å². The largest absolute Gasteiger partial charge is 0.454 e. The first-order chi connectivity index (χ1) is 45.7. The van der Waals surface area contributed by atoms with Crippen LogP contribution in [0.1, 0.15) is 47.9 Å². The molecule has 0 N–H and O–H groups in total. The lowest BCUT2D eigenvalue weighted by atomic mass is 9.87. The van der Waals surface area contributed by atoms with E-state index in [0.717, 1.165) is 104 Å². The van der Waals surface area contributed by atoms with Crippen molar-refractivity contribution in [2.45, 2.75) is 51.4 Å². The zero-order valence-electron chi connectivity index (χ0n) is 50.5. The summed E-state index contributed by atoms with van der Waals surface area (Å²) in [7, 11) is 0. The average Bonchev–Trinajstić information content (AvgIpc) is 1.51. The van der Waals surface area contributed by atoms with Crippen LogP contribution in [0, 0.1) is 0 Å². The van der Waals surface area contributed by atoms with E-state index >= 15 is 0 Å². The third kappa shape index (κ3) is 6.98. The number of hydrogen-bond donors (Lipinski definition) is 0. The van der Waals surface area contributed by atoms with Gasteiger partial charge in [0.2, 0.25) is 0 Å². The van der Waals surface area contributed by atoms with E-state index in [0.29, 0.717) is 0 Å². The lowest BCUT2D eigenvalue weighted by Gasteiger charge is -2.31. The van der Waals surface area contributed by atoms with Gasteiger partial charge in [-0.05, 0) is 170 Å². The molecule has 6 aromatic heterocycles. The van der Waals surface area contributed by atoms with E-state index < -0.39 is 0 Å². The second kappa shape index (κ2) is 19.1. The van der Waals surface area contributed by atoms with Gasteiger partial charge in [-0.15, -0.1) is 0 Å². The fourth-order valence-corrected chi connectivity index (χ4v) is 17.1. The maximum absolute atomic E-state index is 7.06. The van der Waals surface area contributed by atoms with Crippen molar-refractivity contribution in [1.29, 1.82) is 0 Å². The van der Waals surface area contributed by atoms with Gasteiger partial charge >= 0.3 is 0 Å². The highest BCUT2D eigenvalue weighted by atomic mass is 16.3. The summed E-state index contributed by atoms with van der Waals surface area (Å²) in [6.45, 7) is 0. The Bertz CT molecular complexity index is 5900. The second-order valence-corrected chi connectivity index (χ2v) is 25.9. The fourth-order valence-electron chi connectivity index (χ4n) is 17.1. The van der Waals surface area contributed by atoms with Crippen LogP contribution in [0.15, 0.2) is 264 Å². The van der Waals surface area contributed by atoms with E-state index in [4.69, 9.17) is 8.83 Å². The summed E-state index contributed by atoms with van der Waals surface area (Å²) in [5, 5.41) is 14.2. The Hall–Kier alpha value is -11.3. The number of anilines is 6. The fraction of sp³-hybridized carbons (Fsp3) is 0.0930. The minimum Gasteiger partial charge on any atom is -0.454 e. The Kier molecular flexibility index (Phi) is 10.5. The molecule has 19 aromatic rings. The number of benzene rings is 13. The van der Waals surface area contributed by atoms with Crippen LogP contribution >= 0.6 is 0 Å². The summed E-state index contributed by atoms with van der Waals surface area (Å²) in [5.74, 6) is 0. The lowest BCUT2D eigenvalue weighted by Crippen LogP contribution is -2.14. The van der Waals surface area contributed by atoms with E-state index in [1.54, 1.807) is 0 Å². The van der Waals surface area contributed by atoms with Crippen molar-refractivity contribution < 1.29 is 8.83 Å². The molecule has 0 unspecified atom stereocenters. The molecule has 21 rings (SSSR count). The van der Waals surface area contributed by atoms with E-state index in [2.05, 4.69) is 273 Å². The van der Waals surface area contributed by atoms with Gasteiger partial charge in [0.25, 0.3) is 0 Å². The van der Waals surface area contributed by atoms with Crippen LogP contribution in [0.3, 0.4) is 0 Å². The predicted octanol–water partition coefficient (Wildman–Crippen LogP) is 23.8. The van der Waals surface area contributed by atoms with E-state index in [9.17, 15) is 0 Å². The zero-order valence-corrected chi connectivity index (χ0v) is 50.5. The van der Waals surface area contributed by atoms with Gasteiger partial charge in [-0.1, -0.05) is 170 Å². The summed E-state index contributed by atoms with van der Waals surface area (Å²) in [6, 6.07) is 95.4. The number of furan rings is 2. The van der Waals surface area contributed by atoms with Gasteiger partial charge in [-0.3, -0.25) is 0 Å². The number of nitrogens with zero attached hydrogens (tertiary/aromatic N) is 4. The van der Waals surface area contributed by atoms with Crippen molar-refractivity contribution in [3.63, 3.8) is 0 Å². The molecule has 0 atom stereocenters. The van der Waals surface area contributed by atoms with Crippen molar-refractivity contribution in [1.82, 2.24) is 8.80 Å². The molecule has 0 fully saturated rings. The number of aromatic nitrogens is 2. The summed E-state index contributed by atoms with van der Waals surface area (Å²) < 4.78 is 19.3. The highest BCUT2D eigenvalue weighted by Crippen LogP contribution is 2.56. The molecule has 6 nitrogen and oxygen atoms in total. The first-order valence-corrected chi connectivity index (χ1v) is 32.8. The van der Waals surface area contributed by atoms with Gasteiger partial charge in [0.05, 0.1) is 67.2 Å². The molecule has 2 aliphatic rings. The molecule has 0 saturated heterocycles. The van der Waals surface area contributed by atoms with Crippen molar-refractivity contribution in [3.05, 3.63) is 277 Å². The number of para-hydroxylation sites is 6. The monoisotopic (exact) mass is 1180 g/mol. The van der Waals surface area contributed by atoms with Gasteiger partial charge in [-0.2, -0.15) is 0 Å². The first kappa shape index (κ1) is 50.5. The molecule has 0 saturated carbocycles. The Labute approximate surface area is 529 Å². The van der Waals surface area contributed by atoms with Crippen LogP contribution < -0.4 is 9.80 Å². The van der Waals surface area contributed by atoms with Crippen molar-refractivity contribution in [2.24, 2.45) is 0 Å². The third-order valence-electron chi connectivity index (χ3n) is 21.1. The molecule has 13 aromatic carbocycles. The van der Waals surface area contributed by atoms with Gasteiger partial charge in [0.15, 0.2) is 11.2 Å². The van der Waals surface area contributed by atoms with Crippen molar-refractivity contribution >= 4 is 154 Å². The van der Waals surface area contributed by atoms with E-state index in [1.165, 1.54) is 146 Å². The molecule has 434 valence electrons. The number of hydrogen-bond acceptors (Lipinski definition) is 4. The van der Waals surface area contributed by atoms with Crippen LogP contribution in [-0.4, -0.2) is 8.80 Å². The summed E-state index contributed by atoms with van der Waals surface area (Å²) in [4.78, 5) is 5.12. The first-order valence-electron chi connectivity index (χ1n) is 32.8. The summed E-state index contributed by atoms with van der Waals surface area (Å²) in [6.07, 6.45) is 9.07. The molecule has 6 heteroatoms. The minimum absolute atomic E-state index is 0.877. The Morgan fingerprint density at radius 2 is 0.641 bits per heavy atom. The lowest BCUT2D eigenvalue weighted by molar-refractivity contribution is 0.668. The maximum Gasteiger partial charge on any atom is 0.159 e. The third-order valence-corrected chi connectivity index (χ3v) is 21.1. The average molecular weight is 1180 g/mol. The zero-order chi connectivity index (χ0) is 59.9. The number of aryl methyl sites for hydroxylation is 4. The van der Waals surface area contributed by atoms with Gasteiger partial charge in [-0.25, -0.2) is 0 Å². The van der Waals surface area contributed by atoms with E-state index in [1.807, 2.05) is 0 Å². The van der Waals surface area contributed by atoms with Crippen LogP contribution in [0.25, 0.3) is 142 Å².